The van der Waals surface area contributed by atoms with Gasteiger partial charge in [0, 0.05) is 39.2 Å². The molecule has 2 atom stereocenters. The van der Waals surface area contributed by atoms with Crippen LogP contribution in [-0.2, 0) is 16.1 Å². The van der Waals surface area contributed by atoms with Crippen LogP contribution in [0.4, 0.5) is 0 Å². The first-order valence-electron chi connectivity index (χ1n) is 7.75. The molecule has 2 aliphatic rings. The highest BCUT2D eigenvalue weighted by Crippen LogP contribution is 2.47. The average molecular weight is 292 g/mol. The molecule has 1 aromatic heterocycles. The van der Waals surface area contributed by atoms with Crippen molar-refractivity contribution in [1.82, 2.24) is 9.80 Å². The van der Waals surface area contributed by atoms with E-state index in [-0.39, 0.29) is 12.5 Å². The molecule has 0 aromatic carbocycles. The molecule has 0 N–H and O–H groups in total. The molecule has 3 rings (SSSR count). The highest BCUT2D eigenvalue weighted by molar-refractivity contribution is 5.77. The zero-order valence-corrected chi connectivity index (χ0v) is 12.9. The molecule has 1 aliphatic carbocycles. The Hall–Kier alpha value is -1.33. The summed E-state index contributed by atoms with van der Waals surface area (Å²) >= 11 is 0. The van der Waals surface area contributed by atoms with Gasteiger partial charge in [0.05, 0.1) is 6.54 Å². The van der Waals surface area contributed by atoms with Crippen molar-refractivity contribution < 1.29 is 13.9 Å². The molecule has 116 valence electrons. The normalized spacial score (nSPS) is 26.1. The number of amides is 1. The van der Waals surface area contributed by atoms with Crippen LogP contribution in [0.2, 0.25) is 0 Å². The molecular weight excluding hydrogens is 268 g/mol. The van der Waals surface area contributed by atoms with Crippen LogP contribution in [0.25, 0.3) is 0 Å². The van der Waals surface area contributed by atoms with Crippen LogP contribution in [0.15, 0.2) is 16.5 Å². The Balaban J connectivity index is 1.47. The average Bonchev–Trinajstić information content (AvgIpc) is 3.03. The monoisotopic (exact) mass is 292 g/mol. The van der Waals surface area contributed by atoms with Crippen molar-refractivity contribution >= 4 is 5.91 Å². The zero-order valence-electron chi connectivity index (χ0n) is 12.9. The Morgan fingerprint density at radius 2 is 2.05 bits per heavy atom. The molecule has 2 fully saturated rings. The minimum absolute atomic E-state index is 0.0835. The second-order valence-electron chi connectivity index (χ2n) is 6.21. The van der Waals surface area contributed by atoms with Gasteiger partial charge in [-0.1, -0.05) is 6.92 Å². The molecule has 2 heterocycles. The van der Waals surface area contributed by atoms with Crippen LogP contribution in [-0.4, -0.2) is 55.6 Å². The van der Waals surface area contributed by atoms with E-state index >= 15 is 0 Å². The summed E-state index contributed by atoms with van der Waals surface area (Å²) in [6.45, 7) is 6.62. The van der Waals surface area contributed by atoms with Crippen LogP contribution < -0.4 is 0 Å². The summed E-state index contributed by atoms with van der Waals surface area (Å²) in [4.78, 5) is 16.0. The number of carbonyl (C=O) groups excluding carboxylic acids is 1. The van der Waals surface area contributed by atoms with Gasteiger partial charge in [-0.25, -0.2) is 0 Å². The lowest BCUT2D eigenvalue weighted by Gasteiger charge is -2.34. The Bertz CT molecular complexity index is 491. The summed E-state index contributed by atoms with van der Waals surface area (Å²) in [5, 5.41) is 0. The number of ether oxygens (including phenoxy) is 1. The number of nitrogens with zero attached hydrogens (tertiary/aromatic N) is 2. The van der Waals surface area contributed by atoms with Gasteiger partial charge in [0.2, 0.25) is 5.91 Å². The predicted octanol–water partition coefficient (Wildman–Crippen LogP) is 1.69. The van der Waals surface area contributed by atoms with Gasteiger partial charge in [0.1, 0.15) is 18.1 Å². The second-order valence-corrected chi connectivity index (χ2v) is 6.21. The molecule has 1 amide bonds. The molecular formula is C16H24N2O3. The molecule has 0 spiro atoms. The maximum absolute atomic E-state index is 11.7. The first kappa shape index (κ1) is 14.6. The number of hydrogen-bond acceptors (Lipinski definition) is 4. The molecule has 0 radical (unpaired) electrons. The number of rotatable bonds is 5. The van der Waals surface area contributed by atoms with E-state index in [1.54, 1.807) is 7.11 Å². The Labute approximate surface area is 125 Å². The number of carbonyl (C=O) groups is 1. The lowest BCUT2D eigenvalue weighted by molar-refractivity contribution is -0.137. The molecule has 1 aromatic rings. The fourth-order valence-corrected chi connectivity index (χ4v) is 2.99. The van der Waals surface area contributed by atoms with Crippen molar-refractivity contribution in [2.24, 2.45) is 5.92 Å². The third-order valence-corrected chi connectivity index (χ3v) is 4.53. The third-order valence-electron chi connectivity index (χ3n) is 4.53. The maximum Gasteiger partial charge on any atom is 0.248 e. The summed E-state index contributed by atoms with van der Waals surface area (Å²) in [6, 6.07) is 4.23. The first-order valence-corrected chi connectivity index (χ1v) is 7.75. The molecule has 5 nitrogen and oxygen atoms in total. The molecule has 1 saturated heterocycles. The summed E-state index contributed by atoms with van der Waals surface area (Å²) < 4.78 is 10.9. The fraction of sp³-hybridized carbons (Fsp3) is 0.688. The van der Waals surface area contributed by atoms with E-state index in [4.69, 9.17) is 9.15 Å². The highest BCUT2D eigenvalue weighted by Gasteiger charge is 2.36. The highest BCUT2D eigenvalue weighted by atomic mass is 16.5. The lowest BCUT2D eigenvalue weighted by atomic mass is 10.2. The Morgan fingerprint density at radius 3 is 2.67 bits per heavy atom. The van der Waals surface area contributed by atoms with E-state index < -0.39 is 0 Å². The number of furan rings is 1. The number of methoxy groups -OCH3 is 1. The van der Waals surface area contributed by atoms with Crippen LogP contribution in [0.3, 0.4) is 0 Å². The van der Waals surface area contributed by atoms with E-state index in [2.05, 4.69) is 24.0 Å². The van der Waals surface area contributed by atoms with Crippen molar-refractivity contribution in [2.75, 3.05) is 39.9 Å². The zero-order chi connectivity index (χ0) is 14.8. The van der Waals surface area contributed by atoms with Crippen LogP contribution in [0.1, 0.15) is 30.8 Å². The van der Waals surface area contributed by atoms with E-state index in [9.17, 15) is 4.79 Å². The topological polar surface area (TPSA) is 45.9 Å². The number of piperazine rings is 1. The van der Waals surface area contributed by atoms with Gasteiger partial charge in [0.25, 0.3) is 0 Å². The van der Waals surface area contributed by atoms with Gasteiger partial charge >= 0.3 is 0 Å². The van der Waals surface area contributed by atoms with Gasteiger partial charge in [-0.3, -0.25) is 9.69 Å². The number of hydrogen-bond donors (Lipinski definition) is 0. The maximum atomic E-state index is 11.7. The lowest BCUT2D eigenvalue weighted by Crippen LogP contribution is -2.49. The van der Waals surface area contributed by atoms with Gasteiger partial charge in [-0.2, -0.15) is 0 Å². The smallest absolute Gasteiger partial charge is 0.248 e. The van der Waals surface area contributed by atoms with Crippen molar-refractivity contribution in [2.45, 2.75) is 25.8 Å². The molecule has 2 unspecified atom stereocenters. The summed E-state index contributed by atoms with van der Waals surface area (Å²) in [5.41, 5.74) is 0. The molecule has 5 heteroatoms. The summed E-state index contributed by atoms with van der Waals surface area (Å²) in [5.74, 6) is 3.69. The van der Waals surface area contributed by atoms with E-state index in [1.165, 1.54) is 6.42 Å². The second kappa shape index (κ2) is 6.20. The van der Waals surface area contributed by atoms with Gasteiger partial charge in [0.15, 0.2) is 0 Å². The van der Waals surface area contributed by atoms with Crippen LogP contribution in [0, 0.1) is 5.92 Å². The molecule has 21 heavy (non-hydrogen) atoms. The van der Waals surface area contributed by atoms with E-state index in [0.29, 0.717) is 5.92 Å². The SMILES string of the molecule is COCC(=O)N1CCN(Cc2ccc(C3CC3C)o2)CC1. The van der Waals surface area contributed by atoms with Crippen molar-refractivity contribution in [3.05, 3.63) is 23.7 Å². The molecule has 1 aliphatic heterocycles. The standard InChI is InChI=1S/C16H24N2O3/c1-12-9-14(12)15-4-3-13(21-15)10-17-5-7-18(8-6-17)16(19)11-20-2/h3-4,12,14H,5-11H2,1-2H3. The van der Waals surface area contributed by atoms with Gasteiger partial charge in [-0.15, -0.1) is 0 Å². The minimum atomic E-state index is 0.0835. The summed E-state index contributed by atoms with van der Waals surface area (Å²) in [7, 11) is 1.56. The van der Waals surface area contributed by atoms with Crippen molar-refractivity contribution in [3.63, 3.8) is 0 Å². The van der Waals surface area contributed by atoms with Gasteiger partial charge in [-0.05, 0) is 24.5 Å². The van der Waals surface area contributed by atoms with Crippen LogP contribution >= 0.6 is 0 Å². The van der Waals surface area contributed by atoms with E-state index in [1.807, 2.05) is 4.90 Å². The van der Waals surface area contributed by atoms with E-state index in [0.717, 1.165) is 50.2 Å². The fourth-order valence-electron chi connectivity index (χ4n) is 2.99. The Kier molecular flexibility index (Phi) is 4.31. The summed E-state index contributed by atoms with van der Waals surface area (Å²) in [6.07, 6.45) is 1.26. The molecule has 1 saturated carbocycles. The van der Waals surface area contributed by atoms with Crippen molar-refractivity contribution in [3.8, 4) is 0 Å². The Morgan fingerprint density at radius 1 is 1.33 bits per heavy atom. The first-order chi connectivity index (χ1) is 10.2. The molecule has 0 bridgehead atoms. The van der Waals surface area contributed by atoms with Crippen molar-refractivity contribution in [1.29, 1.82) is 0 Å². The quantitative estimate of drug-likeness (QED) is 0.828. The third kappa shape index (κ3) is 3.47. The van der Waals surface area contributed by atoms with Gasteiger partial charge < -0.3 is 14.1 Å². The predicted molar refractivity (Wildman–Crippen MR) is 79.0 cm³/mol. The van der Waals surface area contributed by atoms with Crippen LogP contribution in [0.5, 0.6) is 0 Å². The minimum Gasteiger partial charge on any atom is -0.464 e. The largest absolute Gasteiger partial charge is 0.464 e.